The fourth-order valence-electron chi connectivity index (χ4n) is 0.308. The maximum atomic E-state index is 9.76. The molecule has 0 aromatic carbocycles. The Morgan fingerprint density at radius 3 is 2.30 bits per heavy atom. The zero-order chi connectivity index (χ0) is 7.28. The van der Waals surface area contributed by atoms with E-state index in [1.807, 2.05) is 0 Å². The summed E-state index contributed by atoms with van der Waals surface area (Å²) in [7, 11) is 0. The van der Waals surface area contributed by atoms with Gasteiger partial charge in [-0.1, -0.05) is 0 Å². The van der Waals surface area contributed by atoms with Crippen LogP contribution in [0.3, 0.4) is 0 Å². The van der Waals surface area contributed by atoms with Crippen molar-refractivity contribution in [3.05, 3.63) is 0 Å². The van der Waals surface area contributed by atoms with Gasteiger partial charge >= 0.3 is 35.5 Å². The predicted octanol–water partition coefficient (Wildman–Crippen LogP) is -2.68. The number of aliphatic carboxylic acids is 1. The minimum absolute atomic E-state index is 0. The molecule has 0 aliphatic carbocycles. The van der Waals surface area contributed by atoms with E-state index in [4.69, 9.17) is 15.3 Å². The summed E-state index contributed by atoms with van der Waals surface area (Å²) in [4.78, 5) is 9.76. The van der Waals surface area contributed by atoms with E-state index in [9.17, 15) is 4.79 Å². The quantitative estimate of drug-likeness (QED) is 0.265. The Bertz CT molecular complexity index is 97.3. The van der Waals surface area contributed by atoms with Crippen LogP contribution in [0.1, 0.15) is 0 Å². The zero-order valence-electron chi connectivity index (χ0n) is 4.74. The van der Waals surface area contributed by atoms with Gasteiger partial charge in [0.15, 0.2) is 6.29 Å². The summed E-state index contributed by atoms with van der Waals surface area (Å²) < 4.78 is 0. The third-order valence-corrected chi connectivity index (χ3v) is 0.603. The van der Waals surface area contributed by atoms with Crippen LogP contribution >= 0.6 is 0 Å². The Kier molecular flexibility index (Phi) is 9.68. The molecule has 0 spiro atoms. The van der Waals surface area contributed by atoms with Crippen LogP contribution in [0.4, 0.5) is 0 Å². The molecule has 0 amide bonds. The van der Waals surface area contributed by atoms with Crippen LogP contribution < -0.4 is 5.32 Å². The van der Waals surface area contributed by atoms with E-state index >= 15 is 0 Å². The van der Waals surface area contributed by atoms with Gasteiger partial charge in [0.1, 0.15) is 0 Å². The van der Waals surface area contributed by atoms with E-state index in [1.54, 1.807) is 0 Å². The van der Waals surface area contributed by atoms with Crippen molar-refractivity contribution in [2.75, 3.05) is 13.1 Å². The standard InChI is InChI=1S/C4H9NO4.Na.H/c6-3(7)1-5-2-4(8)9;;/h3,5-7H,1-2H2,(H,8,9);;. The Balaban J connectivity index is 0. The van der Waals surface area contributed by atoms with Crippen molar-refractivity contribution in [1.29, 1.82) is 0 Å². The van der Waals surface area contributed by atoms with Crippen LogP contribution in [-0.4, -0.2) is 70.2 Å². The molecule has 0 radical (unpaired) electrons. The maximum absolute atomic E-state index is 9.76. The van der Waals surface area contributed by atoms with Crippen LogP contribution in [0.15, 0.2) is 0 Å². The summed E-state index contributed by atoms with van der Waals surface area (Å²) in [5.41, 5.74) is 0. The van der Waals surface area contributed by atoms with E-state index in [0.29, 0.717) is 0 Å². The summed E-state index contributed by atoms with van der Waals surface area (Å²) in [6.07, 6.45) is -1.48. The van der Waals surface area contributed by atoms with Crippen molar-refractivity contribution in [2.24, 2.45) is 0 Å². The van der Waals surface area contributed by atoms with Crippen molar-refractivity contribution >= 4 is 35.5 Å². The average Bonchev–Trinajstić information content (AvgIpc) is 1.63. The molecular weight excluding hydrogens is 149 g/mol. The number of carbonyl (C=O) groups is 1. The molecule has 56 valence electrons. The molecule has 0 fully saturated rings. The molecule has 0 heterocycles. The number of aliphatic hydroxyl groups is 2. The fraction of sp³-hybridized carbons (Fsp3) is 0.750. The van der Waals surface area contributed by atoms with E-state index in [2.05, 4.69) is 5.32 Å². The second kappa shape index (κ2) is 7.46. The Morgan fingerprint density at radius 1 is 1.50 bits per heavy atom. The first-order valence-corrected chi connectivity index (χ1v) is 2.41. The van der Waals surface area contributed by atoms with Gasteiger partial charge in [-0.05, 0) is 0 Å². The molecule has 6 heteroatoms. The molecule has 0 aromatic rings. The van der Waals surface area contributed by atoms with Gasteiger partial charge in [0.25, 0.3) is 0 Å². The fourth-order valence-corrected chi connectivity index (χ4v) is 0.308. The van der Waals surface area contributed by atoms with Crippen molar-refractivity contribution in [3.8, 4) is 0 Å². The molecule has 0 aliphatic heterocycles. The van der Waals surface area contributed by atoms with Gasteiger partial charge in [-0.2, -0.15) is 0 Å². The number of aliphatic hydroxyl groups excluding tert-OH is 1. The second-order valence-corrected chi connectivity index (χ2v) is 1.51. The third kappa shape index (κ3) is 11.2. The van der Waals surface area contributed by atoms with Gasteiger partial charge in [0.05, 0.1) is 6.54 Å². The van der Waals surface area contributed by atoms with Crippen LogP contribution in [0.5, 0.6) is 0 Å². The Morgan fingerprint density at radius 2 is 2.00 bits per heavy atom. The van der Waals surface area contributed by atoms with Crippen LogP contribution in [0, 0.1) is 0 Å². The zero-order valence-corrected chi connectivity index (χ0v) is 4.74. The Labute approximate surface area is 80.3 Å². The molecule has 0 saturated carbocycles. The molecule has 0 unspecified atom stereocenters. The average molecular weight is 159 g/mol. The van der Waals surface area contributed by atoms with Gasteiger partial charge in [-0.15, -0.1) is 0 Å². The molecule has 5 nitrogen and oxygen atoms in total. The summed E-state index contributed by atoms with van der Waals surface area (Å²) in [5, 5.41) is 26.6. The molecule has 10 heavy (non-hydrogen) atoms. The molecule has 0 bridgehead atoms. The van der Waals surface area contributed by atoms with Crippen molar-refractivity contribution in [2.45, 2.75) is 6.29 Å². The SMILES string of the molecule is O=C(O)CNCC(O)O.[NaH]. The first-order chi connectivity index (χ1) is 4.13. The summed E-state index contributed by atoms with van der Waals surface area (Å²) in [6.45, 7) is -0.371. The molecule has 4 N–H and O–H groups in total. The first-order valence-electron chi connectivity index (χ1n) is 2.41. The van der Waals surface area contributed by atoms with Crippen molar-refractivity contribution < 1.29 is 20.1 Å². The number of hydrogen-bond acceptors (Lipinski definition) is 4. The van der Waals surface area contributed by atoms with Gasteiger partial charge in [-0.3, -0.25) is 4.79 Å². The number of rotatable bonds is 4. The van der Waals surface area contributed by atoms with E-state index in [-0.39, 0.29) is 42.6 Å². The van der Waals surface area contributed by atoms with Gasteiger partial charge in [0.2, 0.25) is 0 Å². The summed E-state index contributed by atoms with van der Waals surface area (Å²) in [5.74, 6) is -1.02. The molecular formula is C4H10NNaO4. The van der Waals surface area contributed by atoms with Gasteiger partial charge < -0.3 is 20.6 Å². The van der Waals surface area contributed by atoms with Crippen LogP contribution in [0.2, 0.25) is 0 Å². The second-order valence-electron chi connectivity index (χ2n) is 1.51. The number of carboxylic acid groups (broad SMARTS) is 1. The van der Waals surface area contributed by atoms with E-state index in [0.717, 1.165) is 0 Å². The molecule has 0 saturated heterocycles. The van der Waals surface area contributed by atoms with Crippen molar-refractivity contribution in [3.63, 3.8) is 0 Å². The van der Waals surface area contributed by atoms with Crippen LogP contribution in [-0.2, 0) is 4.79 Å². The molecule has 0 rings (SSSR count). The molecule has 0 aromatic heterocycles. The topological polar surface area (TPSA) is 89.8 Å². The monoisotopic (exact) mass is 159 g/mol. The number of nitrogens with one attached hydrogen (secondary N) is 1. The third-order valence-electron chi connectivity index (χ3n) is 0.603. The van der Waals surface area contributed by atoms with Crippen LogP contribution in [0.25, 0.3) is 0 Å². The van der Waals surface area contributed by atoms with Gasteiger partial charge in [-0.25, -0.2) is 0 Å². The number of carboxylic acids is 1. The molecule has 0 atom stereocenters. The first kappa shape index (κ1) is 13.0. The molecule has 0 aliphatic rings. The normalized spacial score (nSPS) is 9.10. The summed E-state index contributed by atoms with van der Waals surface area (Å²) in [6, 6.07) is 0. The minimum atomic E-state index is -1.48. The Hall–Kier alpha value is 0.350. The predicted molar refractivity (Wildman–Crippen MR) is 35.9 cm³/mol. The number of hydrogen-bond donors (Lipinski definition) is 4. The van der Waals surface area contributed by atoms with Gasteiger partial charge in [0, 0.05) is 6.54 Å². The van der Waals surface area contributed by atoms with Crippen molar-refractivity contribution in [1.82, 2.24) is 5.32 Å². The van der Waals surface area contributed by atoms with E-state index in [1.165, 1.54) is 0 Å². The summed E-state index contributed by atoms with van der Waals surface area (Å²) >= 11 is 0. The van der Waals surface area contributed by atoms with E-state index < -0.39 is 12.3 Å².